The highest BCUT2D eigenvalue weighted by Crippen LogP contribution is 2.22. The Morgan fingerprint density at radius 2 is 2.26 bits per heavy atom. The second-order valence-electron chi connectivity index (χ2n) is 5.50. The first-order valence-electron chi connectivity index (χ1n) is 6.89. The van der Waals surface area contributed by atoms with E-state index < -0.39 is 0 Å². The van der Waals surface area contributed by atoms with Crippen LogP contribution in [0.4, 0.5) is 0 Å². The zero-order valence-corrected chi connectivity index (χ0v) is 11.4. The Balaban J connectivity index is 1.88. The normalized spacial score (nSPS) is 23.1. The first-order chi connectivity index (χ1) is 9.06. The van der Waals surface area contributed by atoms with Crippen LogP contribution in [-0.2, 0) is 0 Å². The zero-order valence-electron chi connectivity index (χ0n) is 11.4. The Bertz CT molecular complexity index is 459. The van der Waals surface area contributed by atoms with E-state index in [2.05, 4.69) is 5.32 Å². The van der Waals surface area contributed by atoms with Gasteiger partial charge in [-0.05, 0) is 55.9 Å². The number of phenols is 1. The lowest BCUT2D eigenvalue weighted by Gasteiger charge is -2.26. The lowest BCUT2D eigenvalue weighted by Crippen LogP contribution is -2.35. The van der Waals surface area contributed by atoms with Gasteiger partial charge in [-0.25, -0.2) is 0 Å². The largest absolute Gasteiger partial charge is 0.508 e. The fraction of sp³-hybridized carbons (Fsp3) is 0.533. The zero-order chi connectivity index (χ0) is 13.8. The van der Waals surface area contributed by atoms with E-state index in [1.54, 1.807) is 25.1 Å². The molecule has 4 N–H and O–H groups in total. The molecule has 104 valence electrons. The maximum atomic E-state index is 12.0. The van der Waals surface area contributed by atoms with E-state index in [0.717, 1.165) is 25.7 Å². The van der Waals surface area contributed by atoms with E-state index >= 15 is 0 Å². The summed E-state index contributed by atoms with van der Waals surface area (Å²) >= 11 is 0. The van der Waals surface area contributed by atoms with E-state index in [4.69, 9.17) is 5.73 Å². The van der Waals surface area contributed by atoms with Crippen LogP contribution in [-0.4, -0.2) is 23.6 Å². The Morgan fingerprint density at radius 1 is 1.47 bits per heavy atom. The highest BCUT2D eigenvalue weighted by atomic mass is 16.3. The molecule has 0 bridgehead atoms. The van der Waals surface area contributed by atoms with E-state index in [1.165, 1.54) is 0 Å². The molecule has 0 aromatic heterocycles. The van der Waals surface area contributed by atoms with Crippen molar-refractivity contribution < 1.29 is 9.90 Å². The molecule has 19 heavy (non-hydrogen) atoms. The molecule has 1 amide bonds. The third-order valence-corrected chi connectivity index (χ3v) is 3.83. The van der Waals surface area contributed by atoms with Gasteiger partial charge in [-0.1, -0.05) is 6.42 Å². The number of aromatic hydroxyl groups is 1. The van der Waals surface area contributed by atoms with Crippen molar-refractivity contribution in [3.05, 3.63) is 29.3 Å². The van der Waals surface area contributed by atoms with Gasteiger partial charge in [0.05, 0.1) is 0 Å². The molecular formula is C15H22N2O2. The number of hydrogen-bond acceptors (Lipinski definition) is 3. The summed E-state index contributed by atoms with van der Waals surface area (Å²) in [5.41, 5.74) is 7.25. The van der Waals surface area contributed by atoms with Crippen molar-refractivity contribution >= 4 is 5.91 Å². The molecule has 0 radical (unpaired) electrons. The summed E-state index contributed by atoms with van der Waals surface area (Å²) in [6.07, 6.45) is 4.39. The lowest BCUT2D eigenvalue weighted by molar-refractivity contribution is 0.0942. The van der Waals surface area contributed by atoms with Crippen molar-refractivity contribution in [3.63, 3.8) is 0 Å². The van der Waals surface area contributed by atoms with Crippen LogP contribution in [0.2, 0.25) is 0 Å². The molecule has 1 aromatic carbocycles. The van der Waals surface area contributed by atoms with Gasteiger partial charge in [0.25, 0.3) is 5.91 Å². The van der Waals surface area contributed by atoms with Crippen LogP contribution in [0, 0.1) is 12.8 Å². The van der Waals surface area contributed by atoms with E-state index in [-0.39, 0.29) is 17.7 Å². The van der Waals surface area contributed by atoms with Gasteiger partial charge in [0.2, 0.25) is 0 Å². The molecule has 1 fully saturated rings. The number of aryl methyl sites for hydroxylation is 1. The molecule has 0 saturated heterocycles. The number of carbonyl (C=O) groups excluding carboxylic acids is 1. The van der Waals surface area contributed by atoms with Crippen LogP contribution in [0.5, 0.6) is 5.75 Å². The number of nitrogens with two attached hydrogens (primary N) is 1. The molecule has 1 aliphatic rings. The minimum absolute atomic E-state index is 0.0813. The Kier molecular flexibility index (Phi) is 4.43. The fourth-order valence-corrected chi connectivity index (χ4v) is 2.65. The van der Waals surface area contributed by atoms with E-state index in [1.807, 2.05) is 0 Å². The topological polar surface area (TPSA) is 75.4 Å². The van der Waals surface area contributed by atoms with Crippen LogP contribution in [0.3, 0.4) is 0 Å². The predicted octanol–water partition coefficient (Wildman–Crippen LogP) is 1.95. The maximum absolute atomic E-state index is 12.0. The summed E-state index contributed by atoms with van der Waals surface area (Å²) in [6, 6.07) is 5.19. The summed E-state index contributed by atoms with van der Waals surface area (Å²) in [5.74, 6) is 0.628. The second-order valence-corrected chi connectivity index (χ2v) is 5.50. The quantitative estimate of drug-likeness (QED) is 0.779. The van der Waals surface area contributed by atoms with Crippen molar-refractivity contribution in [3.8, 4) is 5.75 Å². The van der Waals surface area contributed by atoms with Crippen molar-refractivity contribution in [2.45, 2.75) is 38.6 Å². The summed E-state index contributed by atoms with van der Waals surface area (Å²) < 4.78 is 0. The molecule has 0 spiro atoms. The number of phenolic OH excluding ortho intramolecular Hbond substituents is 1. The van der Waals surface area contributed by atoms with E-state index in [9.17, 15) is 9.90 Å². The molecule has 4 nitrogen and oxygen atoms in total. The van der Waals surface area contributed by atoms with E-state index in [0.29, 0.717) is 23.6 Å². The summed E-state index contributed by atoms with van der Waals surface area (Å²) in [4.78, 5) is 12.0. The number of carbonyl (C=O) groups is 1. The Hall–Kier alpha value is -1.55. The van der Waals surface area contributed by atoms with Crippen molar-refractivity contribution in [1.82, 2.24) is 5.32 Å². The highest BCUT2D eigenvalue weighted by molar-refractivity contribution is 5.94. The summed E-state index contributed by atoms with van der Waals surface area (Å²) in [5, 5.41) is 12.4. The van der Waals surface area contributed by atoms with Gasteiger partial charge >= 0.3 is 0 Å². The number of benzene rings is 1. The van der Waals surface area contributed by atoms with Crippen molar-refractivity contribution in [2.24, 2.45) is 11.7 Å². The Labute approximate surface area is 114 Å². The fourth-order valence-electron chi connectivity index (χ4n) is 2.65. The highest BCUT2D eigenvalue weighted by Gasteiger charge is 2.19. The molecule has 1 saturated carbocycles. The molecule has 0 aliphatic heterocycles. The average Bonchev–Trinajstić information content (AvgIpc) is 2.39. The van der Waals surface area contributed by atoms with Crippen molar-refractivity contribution in [2.75, 3.05) is 6.54 Å². The van der Waals surface area contributed by atoms with Crippen LogP contribution >= 0.6 is 0 Å². The first kappa shape index (κ1) is 13.9. The molecule has 1 aliphatic carbocycles. The van der Waals surface area contributed by atoms with Crippen molar-refractivity contribution in [1.29, 1.82) is 0 Å². The second kappa shape index (κ2) is 6.06. The lowest BCUT2D eigenvalue weighted by atomic mass is 9.86. The predicted molar refractivity (Wildman–Crippen MR) is 75.1 cm³/mol. The smallest absolute Gasteiger partial charge is 0.251 e. The standard InChI is InChI=1S/C15H22N2O2/c1-10-7-12(5-6-14(10)18)15(19)17-9-11-3-2-4-13(16)8-11/h5-7,11,13,18H,2-4,8-9,16H2,1H3,(H,17,19). The van der Waals surface area contributed by atoms with Gasteiger partial charge in [0, 0.05) is 18.2 Å². The van der Waals surface area contributed by atoms with Crippen LogP contribution < -0.4 is 11.1 Å². The average molecular weight is 262 g/mol. The first-order valence-corrected chi connectivity index (χ1v) is 6.89. The molecular weight excluding hydrogens is 240 g/mol. The van der Waals surface area contributed by atoms with Crippen LogP contribution in [0.15, 0.2) is 18.2 Å². The number of hydrogen-bond donors (Lipinski definition) is 3. The van der Waals surface area contributed by atoms with Gasteiger partial charge in [-0.15, -0.1) is 0 Å². The van der Waals surface area contributed by atoms with Gasteiger partial charge in [0.1, 0.15) is 5.75 Å². The minimum atomic E-state index is -0.0813. The third-order valence-electron chi connectivity index (χ3n) is 3.83. The molecule has 2 rings (SSSR count). The van der Waals surface area contributed by atoms with Gasteiger partial charge in [-0.2, -0.15) is 0 Å². The summed E-state index contributed by atoms with van der Waals surface area (Å²) in [7, 11) is 0. The minimum Gasteiger partial charge on any atom is -0.508 e. The number of amides is 1. The third kappa shape index (κ3) is 3.70. The SMILES string of the molecule is Cc1cc(C(=O)NCC2CCCC(N)C2)ccc1O. The van der Waals surface area contributed by atoms with Crippen LogP contribution in [0.25, 0.3) is 0 Å². The number of rotatable bonds is 3. The van der Waals surface area contributed by atoms with Crippen LogP contribution in [0.1, 0.15) is 41.6 Å². The molecule has 1 aromatic rings. The maximum Gasteiger partial charge on any atom is 0.251 e. The van der Waals surface area contributed by atoms with Gasteiger partial charge < -0.3 is 16.2 Å². The molecule has 2 atom stereocenters. The monoisotopic (exact) mass is 262 g/mol. The molecule has 2 unspecified atom stereocenters. The van der Waals surface area contributed by atoms with Gasteiger partial charge in [0.15, 0.2) is 0 Å². The molecule has 0 heterocycles. The Morgan fingerprint density at radius 3 is 2.95 bits per heavy atom. The number of nitrogens with one attached hydrogen (secondary N) is 1. The van der Waals surface area contributed by atoms with Gasteiger partial charge in [-0.3, -0.25) is 4.79 Å². The summed E-state index contributed by atoms with van der Waals surface area (Å²) in [6.45, 7) is 2.47. The molecule has 4 heteroatoms.